The molecule has 0 aliphatic heterocycles. The first-order valence-corrected chi connectivity index (χ1v) is 9.00. The Labute approximate surface area is 143 Å². The third-order valence-electron chi connectivity index (χ3n) is 5.32. The van der Waals surface area contributed by atoms with Gasteiger partial charge in [-0.1, -0.05) is 12.1 Å². The molecule has 2 bridgehead atoms. The number of hydrogen-bond donors (Lipinski definition) is 2. The smallest absolute Gasteiger partial charge is 0.229 e. The van der Waals surface area contributed by atoms with Crippen LogP contribution in [0, 0.1) is 17.8 Å². The summed E-state index contributed by atoms with van der Waals surface area (Å²) in [5, 5.41) is 3.05. The molecule has 3 rings (SSSR count). The monoisotopic (exact) mass is 332 g/mol. The van der Waals surface area contributed by atoms with Crippen molar-refractivity contribution >= 4 is 11.6 Å². The largest absolute Gasteiger partial charge is 0.379 e. The van der Waals surface area contributed by atoms with Gasteiger partial charge in [-0.3, -0.25) is 4.79 Å². The molecule has 0 spiro atoms. The van der Waals surface area contributed by atoms with Crippen molar-refractivity contribution in [3.8, 4) is 0 Å². The summed E-state index contributed by atoms with van der Waals surface area (Å²) in [4.78, 5) is 12.6. The standard InChI is InChI=1S/C19H28N2O3/c1-2-23-8-9-24-12-13-4-3-5-16(10-13)21-19(22)17-14-6-7-15(11-14)18(17)20/h3-5,10,14-15,17-18H,2,6-9,11-12,20H2,1H3,(H,21,22). The van der Waals surface area contributed by atoms with E-state index in [9.17, 15) is 4.79 Å². The number of nitrogens with one attached hydrogen (secondary N) is 1. The summed E-state index contributed by atoms with van der Waals surface area (Å²) in [5.41, 5.74) is 8.12. The van der Waals surface area contributed by atoms with Crippen molar-refractivity contribution in [3.05, 3.63) is 29.8 Å². The lowest BCUT2D eigenvalue weighted by Crippen LogP contribution is -2.42. The van der Waals surface area contributed by atoms with Gasteiger partial charge in [-0.25, -0.2) is 0 Å². The average molecular weight is 332 g/mol. The van der Waals surface area contributed by atoms with Crippen LogP contribution in [0.5, 0.6) is 0 Å². The number of carbonyl (C=O) groups excluding carboxylic acids is 1. The molecule has 132 valence electrons. The van der Waals surface area contributed by atoms with Crippen LogP contribution in [0.1, 0.15) is 31.7 Å². The number of benzene rings is 1. The summed E-state index contributed by atoms with van der Waals surface area (Å²) in [7, 11) is 0. The Balaban J connectivity index is 1.52. The van der Waals surface area contributed by atoms with Gasteiger partial charge in [0.05, 0.1) is 25.7 Å². The van der Waals surface area contributed by atoms with Crippen molar-refractivity contribution in [2.24, 2.45) is 23.5 Å². The van der Waals surface area contributed by atoms with Crippen molar-refractivity contribution < 1.29 is 14.3 Å². The number of rotatable bonds is 8. The number of fused-ring (bicyclic) bond motifs is 2. The molecule has 2 aliphatic rings. The number of amides is 1. The van der Waals surface area contributed by atoms with E-state index in [1.54, 1.807) is 0 Å². The minimum Gasteiger partial charge on any atom is -0.379 e. The minimum atomic E-state index is -0.0325. The molecule has 1 aromatic carbocycles. The van der Waals surface area contributed by atoms with Gasteiger partial charge in [0.1, 0.15) is 0 Å². The van der Waals surface area contributed by atoms with Crippen LogP contribution in [0.2, 0.25) is 0 Å². The lowest BCUT2D eigenvalue weighted by Gasteiger charge is -2.27. The molecule has 3 N–H and O–H groups in total. The van der Waals surface area contributed by atoms with Crippen LogP contribution in [0.15, 0.2) is 24.3 Å². The quantitative estimate of drug-likeness (QED) is 0.718. The topological polar surface area (TPSA) is 73.6 Å². The maximum Gasteiger partial charge on any atom is 0.229 e. The second-order valence-corrected chi connectivity index (χ2v) is 6.88. The van der Waals surface area contributed by atoms with Gasteiger partial charge in [0.2, 0.25) is 5.91 Å². The first-order valence-electron chi connectivity index (χ1n) is 9.00. The van der Waals surface area contributed by atoms with E-state index in [0.717, 1.165) is 24.1 Å². The van der Waals surface area contributed by atoms with E-state index in [0.29, 0.717) is 38.3 Å². The zero-order valence-corrected chi connectivity index (χ0v) is 14.4. The first-order chi connectivity index (χ1) is 11.7. The molecular formula is C19H28N2O3. The highest BCUT2D eigenvalue weighted by atomic mass is 16.5. The van der Waals surface area contributed by atoms with E-state index in [1.807, 2.05) is 31.2 Å². The summed E-state index contributed by atoms with van der Waals surface area (Å²) in [6.07, 6.45) is 3.45. The van der Waals surface area contributed by atoms with Gasteiger partial charge >= 0.3 is 0 Å². The van der Waals surface area contributed by atoms with Crippen LogP contribution in [0.25, 0.3) is 0 Å². The summed E-state index contributed by atoms with van der Waals surface area (Å²) in [5.74, 6) is 1.05. The van der Waals surface area contributed by atoms with Gasteiger partial charge in [0.25, 0.3) is 0 Å². The number of anilines is 1. The minimum absolute atomic E-state index is 0.0221. The fourth-order valence-electron chi connectivity index (χ4n) is 4.14. The van der Waals surface area contributed by atoms with Crippen LogP contribution in [-0.4, -0.2) is 31.8 Å². The average Bonchev–Trinajstić information content (AvgIpc) is 3.16. The number of hydrogen-bond acceptors (Lipinski definition) is 4. The highest BCUT2D eigenvalue weighted by Gasteiger charge is 2.49. The molecule has 2 aliphatic carbocycles. The van der Waals surface area contributed by atoms with Crippen molar-refractivity contribution in [1.82, 2.24) is 0 Å². The molecule has 1 amide bonds. The molecule has 5 nitrogen and oxygen atoms in total. The zero-order chi connectivity index (χ0) is 16.9. The highest BCUT2D eigenvalue weighted by molar-refractivity contribution is 5.93. The molecule has 24 heavy (non-hydrogen) atoms. The molecule has 2 saturated carbocycles. The third-order valence-corrected chi connectivity index (χ3v) is 5.32. The Kier molecular flexibility index (Phi) is 5.87. The lowest BCUT2D eigenvalue weighted by molar-refractivity contribution is -0.121. The maximum atomic E-state index is 12.6. The second-order valence-electron chi connectivity index (χ2n) is 6.88. The first kappa shape index (κ1) is 17.4. The molecule has 0 radical (unpaired) electrons. The Bertz CT molecular complexity index is 561. The zero-order valence-electron chi connectivity index (χ0n) is 14.4. The fourth-order valence-corrected chi connectivity index (χ4v) is 4.14. The van der Waals surface area contributed by atoms with E-state index in [1.165, 1.54) is 6.42 Å². The van der Waals surface area contributed by atoms with Gasteiger partial charge in [-0.15, -0.1) is 0 Å². The van der Waals surface area contributed by atoms with Crippen LogP contribution in [0.4, 0.5) is 5.69 Å². The Morgan fingerprint density at radius 3 is 2.79 bits per heavy atom. The predicted octanol–water partition coefficient (Wildman–Crippen LogP) is 2.55. The summed E-state index contributed by atoms with van der Waals surface area (Å²) in [6.45, 7) is 4.37. The molecule has 2 fully saturated rings. The van der Waals surface area contributed by atoms with Gasteiger partial charge in [0.15, 0.2) is 0 Å². The molecule has 0 saturated heterocycles. The third kappa shape index (κ3) is 3.97. The van der Waals surface area contributed by atoms with Crippen molar-refractivity contribution in [2.75, 3.05) is 25.1 Å². The Morgan fingerprint density at radius 2 is 2.04 bits per heavy atom. The SMILES string of the molecule is CCOCCOCc1cccc(NC(=O)C2C3CCC(C3)C2N)c1. The molecule has 0 aromatic heterocycles. The number of nitrogens with two attached hydrogens (primary N) is 1. The fraction of sp³-hybridized carbons (Fsp3) is 0.632. The van der Waals surface area contributed by atoms with Gasteiger partial charge in [-0.2, -0.15) is 0 Å². The van der Waals surface area contributed by atoms with E-state index >= 15 is 0 Å². The van der Waals surface area contributed by atoms with Crippen molar-refractivity contribution in [1.29, 1.82) is 0 Å². The van der Waals surface area contributed by atoms with E-state index in [-0.39, 0.29) is 17.9 Å². The summed E-state index contributed by atoms with van der Waals surface area (Å²) in [6, 6.07) is 7.85. The number of carbonyl (C=O) groups is 1. The Hall–Kier alpha value is -1.43. The van der Waals surface area contributed by atoms with E-state index < -0.39 is 0 Å². The predicted molar refractivity (Wildman–Crippen MR) is 93.5 cm³/mol. The molecule has 4 atom stereocenters. The van der Waals surface area contributed by atoms with Crippen LogP contribution < -0.4 is 11.1 Å². The van der Waals surface area contributed by atoms with Crippen LogP contribution in [-0.2, 0) is 20.9 Å². The maximum absolute atomic E-state index is 12.6. The molecule has 4 unspecified atom stereocenters. The van der Waals surface area contributed by atoms with Crippen LogP contribution in [0.3, 0.4) is 0 Å². The second kappa shape index (κ2) is 8.10. The van der Waals surface area contributed by atoms with E-state index in [2.05, 4.69) is 5.32 Å². The summed E-state index contributed by atoms with van der Waals surface area (Å²) >= 11 is 0. The molecular weight excluding hydrogens is 304 g/mol. The van der Waals surface area contributed by atoms with Gasteiger partial charge < -0.3 is 20.5 Å². The lowest BCUT2D eigenvalue weighted by atomic mass is 9.84. The van der Waals surface area contributed by atoms with E-state index in [4.69, 9.17) is 15.2 Å². The normalized spacial score (nSPS) is 28.2. The Morgan fingerprint density at radius 1 is 1.25 bits per heavy atom. The van der Waals surface area contributed by atoms with Gasteiger partial charge in [0, 0.05) is 18.3 Å². The highest BCUT2D eigenvalue weighted by Crippen LogP contribution is 2.47. The summed E-state index contributed by atoms with van der Waals surface area (Å²) < 4.78 is 10.8. The molecule has 0 heterocycles. The molecule has 5 heteroatoms. The van der Waals surface area contributed by atoms with Crippen molar-refractivity contribution in [2.45, 2.75) is 38.8 Å². The number of ether oxygens (including phenoxy) is 2. The van der Waals surface area contributed by atoms with Gasteiger partial charge in [-0.05, 0) is 55.7 Å². The van der Waals surface area contributed by atoms with Crippen molar-refractivity contribution in [3.63, 3.8) is 0 Å². The van der Waals surface area contributed by atoms with Crippen LogP contribution >= 0.6 is 0 Å². The molecule has 1 aromatic rings.